The summed E-state index contributed by atoms with van der Waals surface area (Å²) in [7, 11) is 0. The number of aromatic nitrogens is 2. The number of H-pyrrole nitrogens is 2. The first-order chi connectivity index (χ1) is 11.1. The van der Waals surface area contributed by atoms with E-state index in [0.29, 0.717) is 16.8 Å². The molecule has 2 N–H and O–H groups in total. The Morgan fingerprint density at radius 2 is 1.74 bits per heavy atom. The van der Waals surface area contributed by atoms with Gasteiger partial charge in [0.25, 0.3) is 6.43 Å². The van der Waals surface area contributed by atoms with Crippen LogP contribution < -0.4 is 11.1 Å². The van der Waals surface area contributed by atoms with Crippen LogP contribution in [-0.2, 0) is 5.75 Å². The monoisotopic (exact) mass is 334 g/mol. The molecule has 0 radical (unpaired) electrons. The van der Waals surface area contributed by atoms with Gasteiger partial charge in [0.2, 0.25) is 0 Å². The molecule has 7 heteroatoms. The highest BCUT2D eigenvalue weighted by atomic mass is 32.2. The van der Waals surface area contributed by atoms with Crippen LogP contribution in [0.15, 0.2) is 57.1 Å². The Labute approximate surface area is 133 Å². The van der Waals surface area contributed by atoms with Gasteiger partial charge in [-0.05, 0) is 16.8 Å². The fraction of sp³-hybridized carbons (Fsp3) is 0.125. The van der Waals surface area contributed by atoms with Gasteiger partial charge in [0.1, 0.15) is 0 Å². The molecule has 1 heterocycles. The second-order valence-electron chi connectivity index (χ2n) is 4.89. The molecule has 0 bridgehead atoms. The molecule has 3 rings (SSSR count). The SMILES string of the molecule is O=c1[nH]cc(CSc2ccc(C(F)F)c3ccccc23)[nH]c1=O. The fourth-order valence-electron chi connectivity index (χ4n) is 2.30. The van der Waals surface area contributed by atoms with Crippen molar-refractivity contribution in [3.05, 3.63) is 74.6 Å². The summed E-state index contributed by atoms with van der Waals surface area (Å²) in [5.74, 6) is 0.407. The van der Waals surface area contributed by atoms with Crippen LogP contribution in [0, 0.1) is 0 Å². The zero-order valence-corrected chi connectivity index (χ0v) is 12.6. The Balaban J connectivity index is 1.94. The highest BCUT2D eigenvalue weighted by Gasteiger charge is 2.13. The van der Waals surface area contributed by atoms with Crippen LogP contribution in [0.5, 0.6) is 0 Å². The smallest absolute Gasteiger partial charge is 0.313 e. The van der Waals surface area contributed by atoms with Crippen molar-refractivity contribution in [3.63, 3.8) is 0 Å². The van der Waals surface area contributed by atoms with Crippen molar-refractivity contribution >= 4 is 22.5 Å². The molecule has 0 aliphatic carbocycles. The summed E-state index contributed by atoms with van der Waals surface area (Å²) in [5, 5.41) is 1.25. The molecular formula is C16H12F2N2O2S. The number of alkyl halides is 2. The van der Waals surface area contributed by atoms with E-state index in [9.17, 15) is 18.4 Å². The third-order valence-corrected chi connectivity index (χ3v) is 4.52. The number of rotatable bonds is 4. The van der Waals surface area contributed by atoms with E-state index in [-0.39, 0.29) is 5.56 Å². The summed E-state index contributed by atoms with van der Waals surface area (Å²) >= 11 is 1.40. The average Bonchev–Trinajstić information content (AvgIpc) is 2.55. The number of halogens is 2. The molecule has 0 aliphatic heterocycles. The molecule has 23 heavy (non-hydrogen) atoms. The summed E-state index contributed by atoms with van der Waals surface area (Å²) in [6, 6.07) is 10.1. The lowest BCUT2D eigenvalue weighted by Gasteiger charge is -2.10. The van der Waals surface area contributed by atoms with Crippen LogP contribution in [-0.4, -0.2) is 9.97 Å². The molecule has 0 unspecified atom stereocenters. The Kier molecular flexibility index (Phi) is 4.29. The van der Waals surface area contributed by atoms with Gasteiger partial charge in [-0.25, -0.2) is 8.78 Å². The van der Waals surface area contributed by atoms with Gasteiger partial charge in [0, 0.05) is 28.1 Å². The number of hydrogen-bond donors (Lipinski definition) is 2. The Morgan fingerprint density at radius 1 is 1.00 bits per heavy atom. The van der Waals surface area contributed by atoms with Crippen LogP contribution in [0.25, 0.3) is 10.8 Å². The highest BCUT2D eigenvalue weighted by molar-refractivity contribution is 7.98. The van der Waals surface area contributed by atoms with E-state index in [0.717, 1.165) is 10.3 Å². The topological polar surface area (TPSA) is 65.7 Å². The van der Waals surface area contributed by atoms with E-state index in [4.69, 9.17) is 0 Å². The third-order valence-electron chi connectivity index (χ3n) is 3.39. The minimum Gasteiger partial charge on any atom is -0.323 e. The highest BCUT2D eigenvalue weighted by Crippen LogP contribution is 2.35. The summed E-state index contributed by atoms with van der Waals surface area (Å²) in [6.07, 6.45) is -1.10. The van der Waals surface area contributed by atoms with Gasteiger partial charge in [-0.2, -0.15) is 0 Å². The van der Waals surface area contributed by atoms with Gasteiger partial charge >= 0.3 is 11.1 Å². The van der Waals surface area contributed by atoms with Gasteiger partial charge in [0.05, 0.1) is 0 Å². The minimum absolute atomic E-state index is 0.00222. The lowest BCUT2D eigenvalue weighted by atomic mass is 10.1. The van der Waals surface area contributed by atoms with Crippen molar-refractivity contribution in [2.24, 2.45) is 0 Å². The van der Waals surface area contributed by atoms with Gasteiger partial charge in [-0.1, -0.05) is 30.3 Å². The minimum atomic E-state index is -2.53. The number of aromatic amines is 2. The first-order valence-corrected chi connectivity index (χ1v) is 7.78. The molecule has 4 nitrogen and oxygen atoms in total. The molecule has 0 fully saturated rings. The number of thioether (sulfide) groups is 1. The molecule has 118 valence electrons. The van der Waals surface area contributed by atoms with Crippen molar-refractivity contribution in [2.45, 2.75) is 17.1 Å². The number of hydrogen-bond acceptors (Lipinski definition) is 3. The van der Waals surface area contributed by atoms with Crippen molar-refractivity contribution in [1.82, 2.24) is 9.97 Å². The predicted octanol–water partition coefficient (Wildman–Crippen LogP) is 3.45. The summed E-state index contributed by atoms with van der Waals surface area (Å²) in [4.78, 5) is 28.0. The van der Waals surface area contributed by atoms with E-state index in [2.05, 4.69) is 9.97 Å². The van der Waals surface area contributed by atoms with E-state index in [1.54, 1.807) is 30.3 Å². The largest absolute Gasteiger partial charge is 0.323 e. The van der Waals surface area contributed by atoms with Crippen LogP contribution >= 0.6 is 11.8 Å². The average molecular weight is 334 g/mol. The van der Waals surface area contributed by atoms with E-state index < -0.39 is 17.5 Å². The molecule has 0 amide bonds. The maximum atomic E-state index is 13.1. The van der Waals surface area contributed by atoms with Crippen LogP contribution in [0.4, 0.5) is 8.78 Å². The zero-order chi connectivity index (χ0) is 16.4. The number of fused-ring (bicyclic) bond motifs is 1. The molecule has 0 atom stereocenters. The van der Waals surface area contributed by atoms with Crippen LogP contribution in [0.3, 0.4) is 0 Å². The second kappa shape index (κ2) is 6.37. The Morgan fingerprint density at radius 3 is 2.43 bits per heavy atom. The molecule has 0 saturated carbocycles. The fourth-order valence-corrected chi connectivity index (χ4v) is 3.27. The normalized spacial score (nSPS) is 11.3. The van der Waals surface area contributed by atoms with E-state index >= 15 is 0 Å². The van der Waals surface area contributed by atoms with Gasteiger partial charge in [-0.3, -0.25) is 9.59 Å². The standard InChI is InChI=1S/C16H12F2N2O2S/c17-14(18)12-5-6-13(11-4-2-1-3-10(11)12)23-8-9-7-19-15(21)16(22)20-9/h1-7,14H,8H2,(H,19,21)(H,20,22). The maximum Gasteiger partial charge on any atom is 0.313 e. The quantitative estimate of drug-likeness (QED) is 0.567. The molecule has 3 aromatic rings. The Hall–Kier alpha value is -2.41. The number of nitrogens with one attached hydrogen (secondary N) is 2. The molecule has 0 saturated heterocycles. The van der Waals surface area contributed by atoms with Crippen molar-refractivity contribution in [1.29, 1.82) is 0 Å². The Bertz CT molecular complexity index is 966. The van der Waals surface area contributed by atoms with Crippen molar-refractivity contribution in [2.75, 3.05) is 0 Å². The summed E-state index contributed by atoms with van der Waals surface area (Å²) < 4.78 is 26.2. The molecular weight excluding hydrogens is 322 g/mol. The first-order valence-electron chi connectivity index (χ1n) is 6.80. The number of benzene rings is 2. The maximum absolute atomic E-state index is 13.1. The second-order valence-corrected chi connectivity index (χ2v) is 5.90. The van der Waals surface area contributed by atoms with Crippen molar-refractivity contribution < 1.29 is 8.78 Å². The molecule has 2 aromatic carbocycles. The molecule has 0 aliphatic rings. The van der Waals surface area contributed by atoms with Crippen molar-refractivity contribution in [3.8, 4) is 0 Å². The van der Waals surface area contributed by atoms with Crippen LogP contribution in [0.2, 0.25) is 0 Å². The van der Waals surface area contributed by atoms with Gasteiger partial charge < -0.3 is 9.97 Å². The van der Waals surface area contributed by atoms with E-state index in [1.165, 1.54) is 24.0 Å². The molecule has 1 aromatic heterocycles. The summed E-state index contributed by atoms with van der Waals surface area (Å²) in [5.41, 5.74) is -0.851. The first kappa shape index (κ1) is 15.5. The zero-order valence-electron chi connectivity index (χ0n) is 11.8. The van der Waals surface area contributed by atoms with Gasteiger partial charge in [-0.15, -0.1) is 11.8 Å². The lowest BCUT2D eigenvalue weighted by molar-refractivity contribution is 0.153. The van der Waals surface area contributed by atoms with Gasteiger partial charge in [0.15, 0.2) is 0 Å². The molecule has 0 spiro atoms. The third kappa shape index (κ3) is 3.19. The summed E-state index contributed by atoms with van der Waals surface area (Å²) in [6.45, 7) is 0. The lowest BCUT2D eigenvalue weighted by Crippen LogP contribution is -2.29. The van der Waals surface area contributed by atoms with E-state index in [1.807, 2.05) is 0 Å². The predicted molar refractivity (Wildman–Crippen MR) is 86.1 cm³/mol. The van der Waals surface area contributed by atoms with Crippen LogP contribution in [0.1, 0.15) is 17.7 Å².